The van der Waals surface area contributed by atoms with Crippen LogP contribution in [0.5, 0.6) is 5.75 Å². The van der Waals surface area contributed by atoms with E-state index in [9.17, 15) is 0 Å². The van der Waals surface area contributed by atoms with Crippen molar-refractivity contribution >= 4 is 0 Å². The van der Waals surface area contributed by atoms with Gasteiger partial charge in [0.15, 0.2) is 0 Å². The number of benzene rings is 1. The van der Waals surface area contributed by atoms with E-state index in [4.69, 9.17) is 10.5 Å². The average molecular weight is 259 g/mol. The Bertz CT molecular complexity index is 445. The lowest BCUT2D eigenvalue weighted by Crippen LogP contribution is -2.24. The van der Waals surface area contributed by atoms with Gasteiger partial charge in [-0.2, -0.15) is 0 Å². The maximum atomic E-state index is 6.28. The number of hydrogen-bond acceptors (Lipinski definition) is 2. The Hall–Kier alpha value is -1.02. The normalized spacial score (nSPS) is 22.2. The number of rotatable bonds is 4. The average Bonchev–Trinajstić information content (AvgIpc) is 3.17. The molecule has 2 N–H and O–H groups in total. The first-order valence-electron chi connectivity index (χ1n) is 7.66. The smallest absolute Gasteiger partial charge is 0.122 e. The van der Waals surface area contributed by atoms with Crippen LogP contribution in [0.3, 0.4) is 0 Å². The van der Waals surface area contributed by atoms with Crippen LogP contribution in [0.25, 0.3) is 0 Å². The van der Waals surface area contributed by atoms with Gasteiger partial charge in [-0.05, 0) is 55.2 Å². The van der Waals surface area contributed by atoms with Crippen molar-refractivity contribution in [1.82, 2.24) is 0 Å². The standard InChI is InChI=1S/C17H25NO/c1-19-16-8-7-14(13-5-3-2-4-6-13)11-15(16)12-17(18)9-10-17/h7-8,11,13H,2-6,9-10,12,18H2,1H3. The summed E-state index contributed by atoms with van der Waals surface area (Å²) >= 11 is 0. The van der Waals surface area contributed by atoms with Crippen LogP contribution in [-0.2, 0) is 6.42 Å². The van der Waals surface area contributed by atoms with E-state index < -0.39 is 0 Å². The Morgan fingerprint density at radius 3 is 2.58 bits per heavy atom. The van der Waals surface area contributed by atoms with Crippen molar-refractivity contribution in [2.75, 3.05) is 7.11 Å². The summed E-state index contributed by atoms with van der Waals surface area (Å²) in [7, 11) is 1.76. The third-order valence-corrected chi connectivity index (χ3v) is 4.82. The van der Waals surface area contributed by atoms with E-state index in [-0.39, 0.29) is 5.54 Å². The van der Waals surface area contributed by atoms with E-state index in [2.05, 4.69) is 18.2 Å². The highest BCUT2D eigenvalue weighted by molar-refractivity contribution is 5.40. The molecule has 2 heteroatoms. The largest absolute Gasteiger partial charge is 0.496 e. The van der Waals surface area contributed by atoms with Gasteiger partial charge in [-0.15, -0.1) is 0 Å². The fourth-order valence-electron chi connectivity index (χ4n) is 3.34. The Morgan fingerprint density at radius 1 is 1.21 bits per heavy atom. The zero-order valence-electron chi connectivity index (χ0n) is 12.0. The van der Waals surface area contributed by atoms with E-state index >= 15 is 0 Å². The lowest BCUT2D eigenvalue weighted by atomic mass is 9.83. The van der Waals surface area contributed by atoms with Gasteiger partial charge >= 0.3 is 0 Å². The van der Waals surface area contributed by atoms with Crippen molar-refractivity contribution in [1.29, 1.82) is 0 Å². The van der Waals surface area contributed by atoms with Gasteiger partial charge in [-0.3, -0.25) is 0 Å². The van der Waals surface area contributed by atoms with Gasteiger partial charge in [0, 0.05) is 5.54 Å². The zero-order valence-corrected chi connectivity index (χ0v) is 12.0. The molecule has 0 aromatic heterocycles. The van der Waals surface area contributed by atoms with Crippen molar-refractivity contribution in [2.24, 2.45) is 5.73 Å². The maximum Gasteiger partial charge on any atom is 0.122 e. The second-order valence-electron chi connectivity index (χ2n) is 6.45. The van der Waals surface area contributed by atoms with E-state index in [1.54, 1.807) is 7.11 Å². The van der Waals surface area contributed by atoms with Gasteiger partial charge in [-0.25, -0.2) is 0 Å². The van der Waals surface area contributed by atoms with Gasteiger partial charge in [0.25, 0.3) is 0 Å². The van der Waals surface area contributed by atoms with Gasteiger partial charge in [0.05, 0.1) is 7.11 Å². The molecule has 2 aliphatic rings. The first-order chi connectivity index (χ1) is 9.20. The van der Waals surface area contributed by atoms with E-state index in [1.165, 1.54) is 43.2 Å². The molecule has 3 rings (SSSR count). The summed E-state index contributed by atoms with van der Waals surface area (Å²) in [6.07, 6.45) is 10.1. The van der Waals surface area contributed by atoms with Crippen molar-refractivity contribution in [2.45, 2.75) is 62.8 Å². The lowest BCUT2D eigenvalue weighted by molar-refractivity contribution is 0.405. The van der Waals surface area contributed by atoms with Crippen LogP contribution < -0.4 is 10.5 Å². The van der Waals surface area contributed by atoms with Crippen molar-refractivity contribution in [3.8, 4) is 5.75 Å². The zero-order chi connectivity index (χ0) is 13.3. The molecule has 0 radical (unpaired) electrons. The molecule has 0 atom stereocenters. The summed E-state index contributed by atoms with van der Waals surface area (Å²) in [6, 6.07) is 6.77. The predicted molar refractivity (Wildman–Crippen MR) is 78.7 cm³/mol. The molecule has 104 valence electrons. The Morgan fingerprint density at radius 2 is 1.95 bits per heavy atom. The minimum Gasteiger partial charge on any atom is -0.496 e. The predicted octanol–water partition coefficient (Wildman–Crippen LogP) is 3.78. The fourth-order valence-corrected chi connectivity index (χ4v) is 3.34. The SMILES string of the molecule is COc1ccc(C2CCCCC2)cc1CC1(N)CC1. The van der Waals surface area contributed by atoms with Gasteiger partial charge in [-0.1, -0.05) is 31.4 Å². The van der Waals surface area contributed by atoms with Crippen LogP contribution in [0.2, 0.25) is 0 Å². The molecule has 0 saturated heterocycles. The monoisotopic (exact) mass is 259 g/mol. The fraction of sp³-hybridized carbons (Fsp3) is 0.647. The molecule has 2 saturated carbocycles. The summed E-state index contributed by atoms with van der Waals surface area (Å²) in [4.78, 5) is 0. The molecule has 0 unspecified atom stereocenters. The van der Waals surface area contributed by atoms with Gasteiger partial charge in [0.1, 0.15) is 5.75 Å². The molecule has 1 aromatic carbocycles. The third kappa shape index (κ3) is 2.94. The Kier molecular flexibility index (Phi) is 3.53. The molecule has 0 bridgehead atoms. The summed E-state index contributed by atoms with van der Waals surface area (Å²) in [6.45, 7) is 0. The first kappa shape index (κ1) is 13.0. The number of ether oxygens (including phenoxy) is 1. The van der Waals surface area contributed by atoms with Gasteiger partial charge in [0.2, 0.25) is 0 Å². The minimum atomic E-state index is 0.0540. The number of methoxy groups -OCH3 is 1. The summed E-state index contributed by atoms with van der Waals surface area (Å²) < 4.78 is 5.51. The first-order valence-corrected chi connectivity index (χ1v) is 7.66. The van der Waals surface area contributed by atoms with Crippen LogP contribution in [0, 0.1) is 0 Å². The molecule has 2 nitrogen and oxygen atoms in total. The Balaban J connectivity index is 1.83. The van der Waals surface area contributed by atoms with Crippen LogP contribution in [0.4, 0.5) is 0 Å². The third-order valence-electron chi connectivity index (χ3n) is 4.82. The van der Waals surface area contributed by atoms with Crippen molar-refractivity contribution in [3.63, 3.8) is 0 Å². The molecular formula is C17H25NO. The van der Waals surface area contributed by atoms with Crippen molar-refractivity contribution < 1.29 is 4.74 Å². The van der Waals surface area contributed by atoms with Crippen molar-refractivity contribution in [3.05, 3.63) is 29.3 Å². The molecule has 2 fully saturated rings. The molecule has 0 amide bonds. The molecule has 0 spiro atoms. The van der Waals surface area contributed by atoms with Crippen LogP contribution in [0.15, 0.2) is 18.2 Å². The number of hydrogen-bond donors (Lipinski definition) is 1. The minimum absolute atomic E-state index is 0.0540. The van der Waals surface area contributed by atoms with Crippen LogP contribution in [0.1, 0.15) is 62.0 Å². The quantitative estimate of drug-likeness (QED) is 0.893. The second-order valence-corrected chi connectivity index (χ2v) is 6.45. The number of nitrogens with two attached hydrogens (primary N) is 1. The summed E-state index contributed by atoms with van der Waals surface area (Å²) in [5.74, 6) is 1.77. The highest BCUT2D eigenvalue weighted by atomic mass is 16.5. The lowest BCUT2D eigenvalue weighted by Gasteiger charge is -2.23. The highest BCUT2D eigenvalue weighted by Gasteiger charge is 2.38. The van der Waals surface area contributed by atoms with E-state index in [0.717, 1.165) is 30.9 Å². The molecule has 1 aromatic rings. The maximum absolute atomic E-state index is 6.28. The molecule has 19 heavy (non-hydrogen) atoms. The van der Waals surface area contributed by atoms with Crippen LogP contribution in [-0.4, -0.2) is 12.6 Å². The topological polar surface area (TPSA) is 35.2 Å². The van der Waals surface area contributed by atoms with Gasteiger partial charge < -0.3 is 10.5 Å². The van der Waals surface area contributed by atoms with E-state index in [1.807, 2.05) is 0 Å². The molecule has 0 aliphatic heterocycles. The molecule has 0 heterocycles. The van der Waals surface area contributed by atoms with Crippen LogP contribution >= 0.6 is 0 Å². The molecule has 2 aliphatic carbocycles. The second kappa shape index (κ2) is 5.16. The highest BCUT2D eigenvalue weighted by Crippen LogP contribution is 2.40. The Labute approximate surface area is 116 Å². The molecular weight excluding hydrogens is 234 g/mol. The summed E-state index contributed by atoms with van der Waals surface area (Å²) in [5, 5.41) is 0. The summed E-state index contributed by atoms with van der Waals surface area (Å²) in [5.41, 5.74) is 9.14. The van der Waals surface area contributed by atoms with E-state index in [0.29, 0.717) is 0 Å².